The first-order valence-electron chi connectivity index (χ1n) is 20.7. The first-order chi connectivity index (χ1) is 26.9. The van der Waals surface area contributed by atoms with Gasteiger partial charge < -0.3 is 0 Å². The molecule has 2 amide bonds. The quantitative estimate of drug-likeness (QED) is 0.0818. The molecule has 0 saturated heterocycles. The summed E-state index contributed by atoms with van der Waals surface area (Å²) < 4.78 is -1.76. The van der Waals surface area contributed by atoms with Crippen LogP contribution in [0.1, 0.15) is 134 Å². The minimum atomic E-state index is -6.15. The number of amides is 2. The number of halogens is 2. The van der Waals surface area contributed by atoms with Crippen LogP contribution in [0.3, 0.4) is 0 Å². The van der Waals surface area contributed by atoms with Gasteiger partial charge in [-0.2, -0.15) is 0 Å². The number of hydrogen-bond donors (Lipinski definition) is 2. The van der Waals surface area contributed by atoms with Crippen molar-refractivity contribution in [3.05, 3.63) is 129 Å². The molecule has 0 radical (unpaired) electrons. The van der Waals surface area contributed by atoms with E-state index in [1.165, 1.54) is 33.4 Å². The predicted molar refractivity (Wildman–Crippen MR) is 237 cm³/mol. The van der Waals surface area contributed by atoms with Gasteiger partial charge in [0.1, 0.15) is 0 Å². The van der Waals surface area contributed by atoms with E-state index in [-0.39, 0.29) is 11.8 Å². The molecule has 6 atom stereocenters. The average Bonchev–Trinajstić information content (AvgIpc) is 3.84. The van der Waals surface area contributed by atoms with Crippen molar-refractivity contribution in [3.8, 4) is 22.3 Å². The van der Waals surface area contributed by atoms with Crippen LogP contribution in [0.25, 0.3) is 34.4 Å². The summed E-state index contributed by atoms with van der Waals surface area (Å²) >= 11 is -6.15. The summed E-state index contributed by atoms with van der Waals surface area (Å²) in [5.74, 6) is 1.02. The number of carbonyl (C=O) groups excluding carboxylic acids is 2. The number of fused-ring (bicyclic) bond motifs is 2. The van der Waals surface area contributed by atoms with Crippen LogP contribution in [-0.4, -0.2) is 17.4 Å². The van der Waals surface area contributed by atoms with Crippen molar-refractivity contribution >= 4 is 46.7 Å². The molecule has 0 fully saturated rings. The third-order valence-electron chi connectivity index (χ3n) is 13.5. The first-order valence-corrected chi connectivity index (χ1v) is 35.9. The van der Waals surface area contributed by atoms with Gasteiger partial charge in [-0.1, -0.05) is 0 Å². The van der Waals surface area contributed by atoms with Crippen LogP contribution in [0, 0.1) is 11.8 Å². The van der Waals surface area contributed by atoms with Crippen LogP contribution in [0.2, 0.25) is 0 Å². The summed E-state index contributed by atoms with van der Waals surface area (Å²) in [6.07, 6.45) is 9.85. The van der Waals surface area contributed by atoms with Crippen molar-refractivity contribution in [2.75, 3.05) is 0 Å². The summed E-state index contributed by atoms with van der Waals surface area (Å²) in [5, 5.41) is 6.09. The fourth-order valence-electron chi connectivity index (χ4n) is 9.66. The van der Waals surface area contributed by atoms with E-state index in [2.05, 4.69) is 163 Å². The fraction of sp³-hybridized carbons (Fsp3) is 0.375. The number of rotatable bonds is 17. The maximum absolute atomic E-state index is 12.7. The molecule has 0 spiro atoms. The normalized spacial score (nSPS) is 18.9. The van der Waals surface area contributed by atoms with Gasteiger partial charge in [0.25, 0.3) is 0 Å². The third-order valence-corrected chi connectivity index (χ3v) is 41.9. The molecule has 8 heteroatoms. The molecule has 293 valence electrons. The van der Waals surface area contributed by atoms with Gasteiger partial charge in [-0.15, -0.1) is 0 Å². The fourth-order valence-corrected chi connectivity index (χ4v) is 39.4. The molecule has 0 aromatic heterocycles. The van der Waals surface area contributed by atoms with Crippen molar-refractivity contribution in [1.82, 2.24) is 10.5 Å². The van der Waals surface area contributed by atoms with Gasteiger partial charge in [0.2, 0.25) is 0 Å². The predicted octanol–water partition coefficient (Wildman–Crippen LogP) is 13.2. The van der Waals surface area contributed by atoms with Crippen LogP contribution in [0.5, 0.6) is 0 Å². The molecule has 6 rings (SSSR count). The summed E-state index contributed by atoms with van der Waals surface area (Å²) in [5.41, 5.74) is 14.1. The van der Waals surface area contributed by atoms with E-state index in [1.807, 2.05) is 0 Å². The Morgan fingerprint density at radius 1 is 0.554 bits per heavy atom. The molecule has 0 bridgehead atoms. The summed E-state index contributed by atoms with van der Waals surface area (Å²) in [6, 6.07) is 30.6. The van der Waals surface area contributed by atoms with Gasteiger partial charge in [0.15, 0.2) is 0 Å². The zero-order chi connectivity index (χ0) is 40.4. The number of benzene rings is 4. The van der Waals surface area contributed by atoms with Gasteiger partial charge >= 0.3 is 346 Å². The van der Waals surface area contributed by atoms with Crippen molar-refractivity contribution in [1.29, 1.82) is 0 Å². The minimum absolute atomic E-state index is 0.136. The Morgan fingerprint density at radius 3 is 1.27 bits per heavy atom. The Morgan fingerprint density at radius 2 is 0.911 bits per heavy atom. The van der Waals surface area contributed by atoms with Crippen LogP contribution >= 0.6 is 17.2 Å². The Kier molecular flexibility index (Phi) is 13.1. The van der Waals surface area contributed by atoms with E-state index >= 15 is 0 Å². The molecule has 56 heavy (non-hydrogen) atoms. The van der Waals surface area contributed by atoms with E-state index in [4.69, 9.17) is 17.2 Å². The molecule has 4 aromatic carbocycles. The van der Waals surface area contributed by atoms with Crippen molar-refractivity contribution < 1.29 is 25.5 Å². The molecule has 2 aliphatic rings. The van der Waals surface area contributed by atoms with Gasteiger partial charge in [-0.05, 0) is 0 Å². The molecule has 2 N–H and O–H groups in total. The average molecular weight is 955 g/mol. The van der Waals surface area contributed by atoms with Crippen molar-refractivity contribution in [2.24, 2.45) is 11.8 Å². The molecule has 0 heterocycles. The Bertz CT molecular complexity index is 2020. The van der Waals surface area contributed by atoms with Crippen LogP contribution < -0.4 is 10.5 Å². The second-order valence-corrected chi connectivity index (χ2v) is 46.8. The third kappa shape index (κ3) is 7.15. The first kappa shape index (κ1) is 42.4. The van der Waals surface area contributed by atoms with Crippen molar-refractivity contribution in [3.63, 3.8) is 0 Å². The monoisotopic (exact) mass is 955 g/mol. The Labute approximate surface area is 344 Å². The van der Waals surface area contributed by atoms with Crippen LogP contribution in [-0.2, 0) is 25.5 Å². The standard InChI is InChI=1S/2C23H27.C2H3BN2O2.2ClH.Hf/c2*1-5-16(3)19-14-18-10-9-13-22(23(18)15-19)21-12-8-7-11-20(21)17(4)6-2;6-1-4-3-5-2-7;;;/h2*7-17H,5-6H2,1-4H3;1-2H,(H-,4,5,6,7);2*1H;/q;;;;;+1/p-1. The summed E-state index contributed by atoms with van der Waals surface area (Å²) in [7, 11) is 17.7. The Balaban J connectivity index is 1.71. The molecule has 6 unspecified atom stereocenters. The molecule has 4 aromatic rings. The number of carbonyl (C=O) groups is 2. The van der Waals surface area contributed by atoms with E-state index in [0.29, 0.717) is 24.7 Å². The van der Waals surface area contributed by atoms with Gasteiger partial charge in [-0.25, -0.2) is 0 Å². The molecule has 0 saturated carbocycles. The van der Waals surface area contributed by atoms with Crippen molar-refractivity contribution in [2.45, 2.75) is 100 Å². The summed E-state index contributed by atoms with van der Waals surface area (Å²) in [6.45, 7) is 18.0. The van der Waals surface area contributed by atoms with E-state index in [1.54, 1.807) is 0 Å². The second kappa shape index (κ2) is 17.4. The number of hydrogen-bond acceptors (Lipinski definition) is 2. The Hall–Kier alpha value is -3.18. The second-order valence-electron chi connectivity index (χ2n) is 16.4. The zero-order valence-electron chi connectivity index (χ0n) is 34.3. The SMILES string of the molecule is CCC(C)C1=Cc2c(-c3ccccc3C(C)CC)cccc2[CH]1[Hf]([Cl])([Cl])([B](NC=O)NC=O)[CH]1C(C(C)CC)=Cc2c(-c3ccccc3C(C)CC)cccc21. The summed E-state index contributed by atoms with van der Waals surface area (Å²) in [4.78, 5) is 25.4. The zero-order valence-corrected chi connectivity index (χ0v) is 39.4. The van der Waals surface area contributed by atoms with Crippen LogP contribution in [0.15, 0.2) is 96.1 Å². The van der Waals surface area contributed by atoms with Gasteiger partial charge in [0, 0.05) is 0 Å². The van der Waals surface area contributed by atoms with Gasteiger partial charge in [-0.3, -0.25) is 0 Å². The number of nitrogens with one attached hydrogen (secondary N) is 2. The molecule has 2 aliphatic carbocycles. The topological polar surface area (TPSA) is 58.2 Å². The molecular formula is C48H58BCl2HfN2O2. The maximum atomic E-state index is 12.7. The van der Waals surface area contributed by atoms with E-state index in [0.717, 1.165) is 59.1 Å². The molecule has 4 nitrogen and oxygen atoms in total. The van der Waals surface area contributed by atoms with E-state index < -0.39 is 27.8 Å². The molecule has 0 aliphatic heterocycles. The number of allylic oxidation sites excluding steroid dienone is 2. The van der Waals surface area contributed by atoms with E-state index in [9.17, 15) is 9.59 Å². The van der Waals surface area contributed by atoms with Crippen LogP contribution in [0.4, 0.5) is 0 Å². The van der Waals surface area contributed by atoms with Gasteiger partial charge in [0.05, 0.1) is 0 Å². The molecular weight excluding hydrogens is 897 g/mol.